The summed E-state index contributed by atoms with van der Waals surface area (Å²) in [5.41, 5.74) is 1.79. The van der Waals surface area contributed by atoms with Gasteiger partial charge in [-0.05, 0) is 25.0 Å². The zero-order valence-corrected chi connectivity index (χ0v) is 10.5. The van der Waals surface area contributed by atoms with Crippen molar-refractivity contribution in [2.45, 2.75) is 19.9 Å². The molecule has 2 N–H and O–H groups in total. The summed E-state index contributed by atoms with van der Waals surface area (Å²) in [4.78, 5) is 10.4. The van der Waals surface area contributed by atoms with Gasteiger partial charge in [-0.15, -0.1) is 0 Å². The normalized spacial score (nSPS) is 13.3. The molecule has 0 saturated carbocycles. The Hall–Kier alpha value is -1.40. The maximum absolute atomic E-state index is 11.4. The van der Waals surface area contributed by atoms with Gasteiger partial charge in [0.05, 0.1) is 0 Å². The Morgan fingerprint density at radius 3 is 2.53 bits per heavy atom. The highest BCUT2D eigenvalue weighted by atomic mass is 32.2. The van der Waals surface area contributed by atoms with Gasteiger partial charge in [-0.2, -0.15) is 0 Å². The van der Waals surface area contributed by atoms with Gasteiger partial charge in [-0.1, -0.05) is 24.3 Å². The van der Waals surface area contributed by atoms with E-state index in [2.05, 4.69) is 4.72 Å². The number of aryl methyl sites for hydroxylation is 1. The van der Waals surface area contributed by atoms with Crippen LogP contribution in [-0.2, 0) is 14.8 Å². The first-order valence-electron chi connectivity index (χ1n) is 5.09. The van der Waals surface area contributed by atoms with Crippen LogP contribution in [0.3, 0.4) is 0 Å². The highest BCUT2D eigenvalue weighted by molar-refractivity contribution is 7.90. The van der Waals surface area contributed by atoms with Crippen molar-refractivity contribution in [2.75, 3.05) is 5.75 Å². The first-order chi connectivity index (χ1) is 7.82. The number of hydrogen-bond acceptors (Lipinski definition) is 3. The largest absolute Gasteiger partial charge is 0.480 e. The zero-order chi connectivity index (χ0) is 13.1. The Bertz CT molecular complexity index is 510. The van der Waals surface area contributed by atoms with Crippen LogP contribution in [0.2, 0.25) is 0 Å². The minimum absolute atomic E-state index is 0.444. The van der Waals surface area contributed by atoms with Gasteiger partial charge in [-0.3, -0.25) is 4.79 Å². The first kappa shape index (κ1) is 13.7. The van der Waals surface area contributed by atoms with Crippen LogP contribution in [0.5, 0.6) is 0 Å². The molecule has 1 aromatic carbocycles. The molecule has 0 radical (unpaired) electrons. The molecule has 6 heteroatoms. The second-order valence-corrected chi connectivity index (χ2v) is 5.60. The van der Waals surface area contributed by atoms with Crippen LogP contribution in [-0.4, -0.2) is 25.2 Å². The summed E-state index contributed by atoms with van der Waals surface area (Å²) in [6.07, 6.45) is 0. The summed E-state index contributed by atoms with van der Waals surface area (Å²) < 4.78 is 25.2. The van der Waals surface area contributed by atoms with Crippen LogP contribution in [0.1, 0.15) is 24.1 Å². The molecule has 0 bridgehead atoms. The van der Waals surface area contributed by atoms with Gasteiger partial charge in [0.1, 0.15) is 0 Å². The fourth-order valence-electron chi connectivity index (χ4n) is 1.61. The number of hydrogen-bond donors (Lipinski definition) is 2. The van der Waals surface area contributed by atoms with Crippen LogP contribution in [0.15, 0.2) is 24.3 Å². The van der Waals surface area contributed by atoms with Crippen molar-refractivity contribution in [3.63, 3.8) is 0 Å². The molecule has 5 nitrogen and oxygen atoms in total. The number of aliphatic carboxylic acids is 1. The minimum Gasteiger partial charge on any atom is -0.480 e. The molecule has 0 fully saturated rings. The molecule has 1 atom stereocenters. The Balaban J connectivity index is 2.83. The predicted octanol–water partition coefficient (Wildman–Crippen LogP) is 1.06. The lowest BCUT2D eigenvalue weighted by atomic mass is 10.0. The summed E-state index contributed by atoms with van der Waals surface area (Å²) >= 11 is 0. The van der Waals surface area contributed by atoms with E-state index in [0.717, 1.165) is 11.1 Å². The maximum atomic E-state index is 11.4. The molecule has 17 heavy (non-hydrogen) atoms. The lowest BCUT2D eigenvalue weighted by Gasteiger charge is -2.15. The van der Waals surface area contributed by atoms with Gasteiger partial charge in [0, 0.05) is 6.04 Å². The standard InChI is InChI=1S/C11H15NO4S/c1-8-5-3-4-6-10(8)9(2)12-17(15,16)7-11(13)14/h3-6,9,12H,7H2,1-2H3,(H,13,14)/t9-/m0/s1. The third-order valence-electron chi connectivity index (χ3n) is 2.32. The second kappa shape index (κ2) is 5.29. The number of benzene rings is 1. The molecule has 0 heterocycles. The van der Waals surface area contributed by atoms with Gasteiger partial charge in [0.2, 0.25) is 10.0 Å². The topological polar surface area (TPSA) is 83.5 Å². The summed E-state index contributed by atoms with van der Waals surface area (Å²) in [6, 6.07) is 6.91. The maximum Gasteiger partial charge on any atom is 0.320 e. The molecule has 0 aromatic heterocycles. The molecule has 1 rings (SSSR count). The molecule has 0 aliphatic heterocycles. The van der Waals surface area contributed by atoms with E-state index in [4.69, 9.17) is 5.11 Å². The van der Waals surface area contributed by atoms with E-state index in [1.54, 1.807) is 6.92 Å². The van der Waals surface area contributed by atoms with Gasteiger partial charge in [-0.25, -0.2) is 13.1 Å². The molecule has 0 aliphatic carbocycles. The van der Waals surface area contributed by atoms with Crippen LogP contribution < -0.4 is 4.72 Å². The quantitative estimate of drug-likeness (QED) is 0.826. The predicted molar refractivity (Wildman–Crippen MR) is 64.2 cm³/mol. The van der Waals surface area contributed by atoms with E-state index in [1.807, 2.05) is 31.2 Å². The third-order valence-corrected chi connectivity index (χ3v) is 3.66. The van der Waals surface area contributed by atoms with E-state index < -0.39 is 27.8 Å². The van der Waals surface area contributed by atoms with Crippen LogP contribution >= 0.6 is 0 Å². The highest BCUT2D eigenvalue weighted by Crippen LogP contribution is 2.17. The van der Waals surface area contributed by atoms with E-state index in [1.165, 1.54) is 0 Å². The Kier molecular flexibility index (Phi) is 4.25. The van der Waals surface area contributed by atoms with Crippen molar-refractivity contribution in [2.24, 2.45) is 0 Å². The van der Waals surface area contributed by atoms with Gasteiger partial charge in [0.15, 0.2) is 5.75 Å². The van der Waals surface area contributed by atoms with E-state index in [9.17, 15) is 13.2 Å². The zero-order valence-electron chi connectivity index (χ0n) is 9.67. The molecule has 0 aliphatic rings. The summed E-state index contributed by atoms with van der Waals surface area (Å²) in [6.45, 7) is 3.55. The van der Waals surface area contributed by atoms with Crippen molar-refractivity contribution < 1.29 is 18.3 Å². The summed E-state index contributed by atoms with van der Waals surface area (Å²) in [5, 5.41) is 8.47. The average molecular weight is 257 g/mol. The lowest BCUT2D eigenvalue weighted by molar-refractivity contribution is -0.134. The van der Waals surface area contributed by atoms with Gasteiger partial charge >= 0.3 is 5.97 Å². The lowest BCUT2D eigenvalue weighted by Crippen LogP contribution is -2.32. The molecule has 1 aromatic rings. The smallest absolute Gasteiger partial charge is 0.320 e. The van der Waals surface area contributed by atoms with Gasteiger partial charge < -0.3 is 5.11 Å². The van der Waals surface area contributed by atoms with Crippen molar-refractivity contribution in [1.82, 2.24) is 4.72 Å². The number of sulfonamides is 1. The first-order valence-corrected chi connectivity index (χ1v) is 6.74. The molecule has 94 valence electrons. The Labute approximate surface area is 101 Å². The fourth-order valence-corrected chi connectivity index (χ4v) is 2.68. The van der Waals surface area contributed by atoms with Crippen LogP contribution in [0, 0.1) is 6.92 Å². The molecule has 0 saturated heterocycles. The number of nitrogens with one attached hydrogen (secondary N) is 1. The Morgan fingerprint density at radius 2 is 2.00 bits per heavy atom. The number of carboxylic acid groups (broad SMARTS) is 1. The Morgan fingerprint density at radius 1 is 1.41 bits per heavy atom. The highest BCUT2D eigenvalue weighted by Gasteiger charge is 2.19. The number of carbonyl (C=O) groups is 1. The summed E-state index contributed by atoms with van der Waals surface area (Å²) in [5.74, 6) is -2.28. The summed E-state index contributed by atoms with van der Waals surface area (Å²) in [7, 11) is -3.79. The third kappa shape index (κ3) is 4.16. The van der Waals surface area contributed by atoms with Crippen molar-refractivity contribution in [3.8, 4) is 0 Å². The SMILES string of the molecule is Cc1ccccc1[C@H](C)NS(=O)(=O)CC(=O)O. The van der Waals surface area contributed by atoms with Crippen LogP contribution in [0.4, 0.5) is 0 Å². The molecule has 0 spiro atoms. The van der Waals surface area contributed by atoms with Crippen LogP contribution in [0.25, 0.3) is 0 Å². The monoisotopic (exact) mass is 257 g/mol. The second-order valence-electron chi connectivity index (χ2n) is 3.85. The van der Waals surface area contributed by atoms with Crippen molar-refractivity contribution >= 4 is 16.0 Å². The fraction of sp³-hybridized carbons (Fsp3) is 0.364. The van der Waals surface area contributed by atoms with Crippen molar-refractivity contribution in [3.05, 3.63) is 35.4 Å². The minimum atomic E-state index is -3.79. The average Bonchev–Trinajstić information content (AvgIpc) is 2.14. The number of rotatable bonds is 5. The molecule has 0 unspecified atom stereocenters. The molecule has 0 amide bonds. The number of carboxylic acids is 1. The van der Waals surface area contributed by atoms with E-state index >= 15 is 0 Å². The van der Waals surface area contributed by atoms with Gasteiger partial charge in [0.25, 0.3) is 0 Å². The molecular weight excluding hydrogens is 242 g/mol. The van der Waals surface area contributed by atoms with E-state index in [0.29, 0.717) is 0 Å². The van der Waals surface area contributed by atoms with E-state index in [-0.39, 0.29) is 0 Å². The van der Waals surface area contributed by atoms with Crippen molar-refractivity contribution in [1.29, 1.82) is 0 Å². The molecular formula is C11H15NO4S.